The molecule has 106 valence electrons. The lowest BCUT2D eigenvalue weighted by atomic mass is 10.2. The molecule has 1 heterocycles. The molecule has 0 bridgehead atoms. The van der Waals surface area contributed by atoms with Crippen molar-refractivity contribution >= 4 is 27.5 Å². The average molecular weight is 311 g/mol. The van der Waals surface area contributed by atoms with Crippen LogP contribution < -0.4 is 4.72 Å². The predicted octanol–water partition coefficient (Wildman–Crippen LogP) is 2.49. The molecule has 1 saturated heterocycles. The first kappa shape index (κ1) is 14.5. The number of anilines is 1. The van der Waals surface area contributed by atoms with Gasteiger partial charge in [-0.25, -0.2) is 8.78 Å². The molecule has 0 aliphatic carbocycles. The highest BCUT2D eigenvalue weighted by Crippen LogP contribution is 2.26. The van der Waals surface area contributed by atoms with E-state index in [9.17, 15) is 17.2 Å². The van der Waals surface area contributed by atoms with Crippen LogP contribution in [0.1, 0.15) is 12.0 Å². The Labute approximate surface area is 115 Å². The first-order valence-electron chi connectivity index (χ1n) is 5.67. The molecular weight excluding hydrogens is 298 g/mol. The molecule has 2 rings (SSSR count). The van der Waals surface area contributed by atoms with E-state index in [1.165, 1.54) is 19.1 Å². The van der Waals surface area contributed by atoms with Crippen molar-refractivity contribution in [1.82, 2.24) is 4.31 Å². The first-order chi connectivity index (χ1) is 8.79. The van der Waals surface area contributed by atoms with Crippen molar-refractivity contribution in [2.75, 3.05) is 17.8 Å². The molecule has 0 saturated carbocycles. The van der Waals surface area contributed by atoms with E-state index in [4.69, 9.17) is 11.6 Å². The van der Waals surface area contributed by atoms with Gasteiger partial charge in [0.15, 0.2) is 0 Å². The number of nitrogens with zero attached hydrogens (tertiary/aromatic N) is 1. The summed E-state index contributed by atoms with van der Waals surface area (Å²) in [6, 6.07) is 2.58. The highest BCUT2D eigenvalue weighted by molar-refractivity contribution is 7.90. The van der Waals surface area contributed by atoms with E-state index < -0.39 is 22.2 Å². The van der Waals surface area contributed by atoms with Crippen molar-refractivity contribution < 1.29 is 17.2 Å². The van der Waals surface area contributed by atoms with Gasteiger partial charge >= 0.3 is 10.2 Å². The van der Waals surface area contributed by atoms with Crippen molar-refractivity contribution in [2.45, 2.75) is 19.5 Å². The van der Waals surface area contributed by atoms with Gasteiger partial charge in [-0.3, -0.25) is 4.72 Å². The minimum Gasteiger partial charge on any atom is -0.268 e. The Kier molecular flexibility index (Phi) is 3.98. The van der Waals surface area contributed by atoms with Crippen LogP contribution in [-0.2, 0) is 10.2 Å². The van der Waals surface area contributed by atoms with Crippen LogP contribution in [0.4, 0.5) is 14.5 Å². The van der Waals surface area contributed by atoms with E-state index in [-0.39, 0.29) is 35.8 Å². The number of alkyl halides is 1. The summed E-state index contributed by atoms with van der Waals surface area (Å²) in [4.78, 5) is 0. The molecule has 19 heavy (non-hydrogen) atoms. The largest absolute Gasteiger partial charge is 0.301 e. The van der Waals surface area contributed by atoms with Crippen LogP contribution in [0.5, 0.6) is 0 Å². The summed E-state index contributed by atoms with van der Waals surface area (Å²) < 4.78 is 53.8. The number of rotatable bonds is 3. The maximum Gasteiger partial charge on any atom is 0.301 e. The zero-order valence-corrected chi connectivity index (χ0v) is 11.7. The molecule has 1 aromatic rings. The van der Waals surface area contributed by atoms with E-state index >= 15 is 0 Å². The Hall–Kier alpha value is -0.920. The lowest BCUT2D eigenvalue weighted by Crippen LogP contribution is -2.34. The van der Waals surface area contributed by atoms with E-state index in [0.717, 1.165) is 4.31 Å². The zero-order valence-electron chi connectivity index (χ0n) is 10.2. The van der Waals surface area contributed by atoms with Crippen LogP contribution in [-0.4, -0.2) is 32.0 Å². The van der Waals surface area contributed by atoms with Crippen LogP contribution in [0.15, 0.2) is 12.1 Å². The van der Waals surface area contributed by atoms with Crippen molar-refractivity contribution in [2.24, 2.45) is 0 Å². The van der Waals surface area contributed by atoms with Gasteiger partial charge in [0.05, 0.1) is 5.69 Å². The van der Waals surface area contributed by atoms with Gasteiger partial charge in [0.25, 0.3) is 0 Å². The van der Waals surface area contributed by atoms with Gasteiger partial charge in [0, 0.05) is 18.1 Å². The minimum atomic E-state index is -3.96. The van der Waals surface area contributed by atoms with E-state index in [2.05, 4.69) is 4.72 Å². The Morgan fingerprint density at radius 1 is 1.47 bits per heavy atom. The van der Waals surface area contributed by atoms with Gasteiger partial charge in [0.1, 0.15) is 12.0 Å². The summed E-state index contributed by atoms with van der Waals surface area (Å²) in [5.74, 6) is -0.691. The third-order valence-electron chi connectivity index (χ3n) is 2.89. The highest BCUT2D eigenvalue weighted by atomic mass is 35.5. The first-order valence-corrected chi connectivity index (χ1v) is 7.49. The number of nitrogens with one attached hydrogen (secondary N) is 1. The number of hydrogen-bond acceptors (Lipinski definition) is 2. The SMILES string of the molecule is Cc1cc(Cl)cc(NS(=O)(=O)N2CC[C@@H](F)C2)c1F. The normalized spacial score (nSPS) is 20.7. The smallest absolute Gasteiger partial charge is 0.268 e. The molecular formula is C11H13ClF2N2O2S. The Bertz CT molecular complexity index is 595. The quantitative estimate of drug-likeness (QED) is 0.932. The van der Waals surface area contributed by atoms with Crippen LogP contribution in [0.3, 0.4) is 0 Å². The van der Waals surface area contributed by atoms with Gasteiger partial charge < -0.3 is 0 Å². The van der Waals surface area contributed by atoms with Gasteiger partial charge in [-0.15, -0.1) is 0 Å². The number of hydrogen-bond donors (Lipinski definition) is 1. The van der Waals surface area contributed by atoms with Gasteiger partial charge in [-0.05, 0) is 31.0 Å². The molecule has 0 amide bonds. The molecule has 1 aliphatic heterocycles. The summed E-state index contributed by atoms with van der Waals surface area (Å²) in [6.07, 6.45) is -1.03. The van der Waals surface area contributed by atoms with Crippen LogP contribution in [0.2, 0.25) is 5.02 Å². The number of aryl methyl sites for hydroxylation is 1. The second kappa shape index (κ2) is 5.22. The monoisotopic (exact) mass is 310 g/mol. The summed E-state index contributed by atoms with van der Waals surface area (Å²) in [6.45, 7) is 1.35. The van der Waals surface area contributed by atoms with Gasteiger partial charge in [0.2, 0.25) is 0 Å². The van der Waals surface area contributed by atoms with Gasteiger partial charge in [-0.1, -0.05) is 11.6 Å². The maximum absolute atomic E-state index is 13.8. The molecule has 1 fully saturated rings. The van der Waals surface area contributed by atoms with Crippen molar-refractivity contribution in [3.05, 3.63) is 28.5 Å². The summed E-state index contributed by atoms with van der Waals surface area (Å²) >= 11 is 5.76. The molecule has 0 aromatic heterocycles. The lowest BCUT2D eigenvalue weighted by Gasteiger charge is -2.17. The summed E-state index contributed by atoms with van der Waals surface area (Å²) in [7, 11) is -3.96. The predicted molar refractivity (Wildman–Crippen MR) is 69.8 cm³/mol. The molecule has 1 aliphatic rings. The third-order valence-corrected chi connectivity index (χ3v) is 4.60. The lowest BCUT2D eigenvalue weighted by molar-refractivity contribution is 0.343. The maximum atomic E-state index is 13.8. The Morgan fingerprint density at radius 3 is 2.74 bits per heavy atom. The summed E-state index contributed by atoms with van der Waals surface area (Å²) in [5.41, 5.74) is 0.00213. The van der Waals surface area contributed by atoms with E-state index in [1.807, 2.05) is 0 Å². The molecule has 0 unspecified atom stereocenters. The Morgan fingerprint density at radius 2 is 2.16 bits per heavy atom. The minimum absolute atomic E-state index is 0.0810. The fraction of sp³-hybridized carbons (Fsp3) is 0.455. The summed E-state index contributed by atoms with van der Waals surface area (Å²) in [5, 5.41) is 0.224. The molecule has 0 spiro atoms. The fourth-order valence-electron chi connectivity index (χ4n) is 1.91. The molecule has 0 radical (unpaired) electrons. The molecule has 4 nitrogen and oxygen atoms in total. The van der Waals surface area contributed by atoms with Crippen molar-refractivity contribution in [1.29, 1.82) is 0 Å². The van der Waals surface area contributed by atoms with Crippen LogP contribution >= 0.6 is 11.6 Å². The highest BCUT2D eigenvalue weighted by Gasteiger charge is 2.31. The van der Waals surface area contributed by atoms with Crippen molar-refractivity contribution in [3.63, 3.8) is 0 Å². The second-order valence-electron chi connectivity index (χ2n) is 4.44. The van der Waals surface area contributed by atoms with E-state index in [0.29, 0.717) is 0 Å². The molecule has 8 heteroatoms. The second-order valence-corrected chi connectivity index (χ2v) is 6.54. The van der Waals surface area contributed by atoms with Crippen LogP contribution in [0, 0.1) is 12.7 Å². The number of halogens is 3. The fourth-order valence-corrected chi connectivity index (χ4v) is 3.44. The van der Waals surface area contributed by atoms with Gasteiger partial charge in [-0.2, -0.15) is 12.7 Å². The molecule has 1 aromatic carbocycles. The zero-order chi connectivity index (χ0) is 14.2. The van der Waals surface area contributed by atoms with Crippen LogP contribution in [0.25, 0.3) is 0 Å². The molecule has 1 N–H and O–H groups in total. The number of benzene rings is 1. The molecule has 1 atom stereocenters. The Balaban J connectivity index is 2.26. The van der Waals surface area contributed by atoms with Crippen molar-refractivity contribution in [3.8, 4) is 0 Å². The topological polar surface area (TPSA) is 49.4 Å². The third kappa shape index (κ3) is 3.16. The standard InChI is InChI=1S/C11H13ClF2N2O2S/c1-7-4-8(12)5-10(11(7)14)15-19(17,18)16-3-2-9(13)6-16/h4-5,9,15H,2-3,6H2,1H3/t9-/m1/s1. The van der Waals surface area contributed by atoms with E-state index in [1.54, 1.807) is 0 Å². The average Bonchev–Trinajstić information content (AvgIpc) is 2.72.